The highest BCUT2D eigenvalue weighted by Crippen LogP contribution is 2.17. The summed E-state index contributed by atoms with van der Waals surface area (Å²) in [5.41, 5.74) is 8.07. The molecule has 1 aromatic carbocycles. The smallest absolute Gasteiger partial charge is 0.224 e. The molecule has 0 aliphatic carbocycles. The van der Waals surface area contributed by atoms with Gasteiger partial charge in [0.2, 0.25) is 11.8 Å². The van der Waals surface area contributed by atoms with Crippen LogP contribution >= 0.6 is 24.8 Å². The van der Waals surface area contributed by atoms with Crippen molar-refractivity contribution in [2.75, 3.05) is 19.6 Å². The average Bonchev–Trinajstić information content (AvgIpc) is 2.79. The maximum atomic E-state index is 12.6. The summed E-state index contributed by atoms with van der Waals surface area (Å²) in [6.45, 7) is 3.03. The number of nitrogens with two attached hydrogens (primary N) is 1. The van der Waals surface area contributed by atoms with Crippen LogP contribution in [0.3, 0.4) is 0 Å². The van der Waals surface area contributed by atoms with Crippen molar-refractivity contribution in [3.8, 4) is 0 Å². The van der Waals surface area contributed by atoms with Crippen LogP contribution in [-0.2, 0) is 23.1 Å². The van der Waals surface area contributed by atoms with Crippen LogP contribution in [0.5, 0.6) is 0 Å². The summed E-state index contributed by atoms with van der Waals surface area (Å²) >= 11 is 0. The predicted octanol–water partition coefficient (Wildman–Crippen LogP) is 1.66. The molecule has 156 valence electrons. The van der Waals surface area contributed by atoms with Crippen molar-refractivity contribution < 1.29 is 9.59 Å². The molecular weight excluding hydrogens is 401 g/mol. The maximum Gasteiger partial charge on any atom is 0.224 e. The van der Waals surface area contributed by atoms with Crippen molar-refractivity contribution >= 4 is 47.7 Å². The van der Waals surface area contributed by atoms with Gasteiger partial charge in [-0.3, -0.25) is 9.59 Å². The number of carbonyl (C=O) groups is 2. The van der Waals surface area contributed by atoms with E-state index in [1.54, 1.807) is 4.90 Å². The summed E-state index contributed by atoms with van der Waals surface area (Å²) in [6, 6.07) is 7.93. The molecule has 1 aliphatic heterocycles. The van der Waals surface area contributed by atoms with Crippen molar-refractivity contribution in [3.63, 3.8) is 0 Å². The zero-order valence-corrected chi connectivity index (χ0v) is 17.9. The number of aromatic nitrogens is 2. The molecular formula is C19H29Cl2N5O2. The zero-order valence-electron chi connectivity index (χ0n) is 16.3. The molecule has 0 saturated carbocycles. The number of amides is 2. The first-order chi connectivity index (χ1) is 12.5. The van der Waals surface area contributed by atoms with E-state index in [1.807, 2.05) is 31.3 Å². The van der Waals surface area contributed by atoms with E-state index in [2.05, 4.69) is 14.9 Å². The number of benzene rings is 1. The second-order valence-corrected chi connectivity index (χ2v) is 7.08. The van der Waals surface area contributed by atoms with E-state index in [9.17, 15) is 9.59 Å². The Labute approximate surface area is 177 Å². The minimum absolute atomic E-state index is 0. The van der Waals surface area contributed by atoms with Gasteiger partial charge >= 0.3 is 0 Å². The number of carbonyl (C=O) groups excluding carboxylic acids is 2. The molecule has 7 nitrogen and oxygen atoms in total. The van der Waals surface area contributed by atoms with Gasteiger partial charge in [0, 0.05) is 46.1 Å². The van der Waals surface area contributed by atoms with E-state index in [4.69, 9.17) is 5.73 Å². The quantitative estimate of drug-likeness (QED) is 0.772. The molecule has 1 saturated heterocycles. The highest BCUT2D eigenvalue weighted by molar-refractivity contribution is 5.85. The SMILES string of the molecule is CC(=O)N1C[C@@H](N)CC[C@@H](C(=O)NCCc2nc3ccccc3n2C)C1.Cl.Cl. The Morgan fingerprint density at radius 2 is 1.93 bits per heavy atom. The van der Waals surface area contributed by atoms with Crippen molar-refractivity contribution in [1.29, 1.82) is 0 Å². The Morgan fingerprint density at radius 3 is 2.61 bits per heavy atom. The molecule has 2 atom stereocenters. The topological polar surface area (TPSA) is 93.2 Å². The number of imidazole rings is 1. The van der Waals surface area contributed by atoms with Gasteiger partial charge in [0.15, 0.2) is 0 Å². The van der Waals surface area contributed by atoms with E-state index < -0.39 is 0 Å². The van der Waals surface area contributed by atoms with Crippen molar-refractivity contribution in [2.45, 2.75) is 32.2 Å². The van der Waals surface area contributed by atoms with Gasteiger partial charge in [0.05, 0.1) is 17.0 Å². The third kappa shape index (κ3) is 5.59. The molecule has 0 spiro atoms. The van der Waals surface area contributed by atoms with Gasteiger partial charge < -0.3 is 20.5 Å². The van der Waals surface area contributed by atoms with Gasteiger partial charge in [-0.15, -0.1) is 24.8 Å². The largest absolute Gasteiger partial charge is 0.355 e. The third-order valence-corrected chi connectivity index (χ3v) is 5.13. The Morgan fingerprint density at radius 1 is 1.21 bits per heavy atom. The summed E-state index contributed by atoms with van der Waals surface area (Å²) in [6.07, 6.45) is 2.13. The number of aryl methyl sites for hydroxylation is 1. The molecule has 0 bridgehead atoms. The Balaban J connectivity index is 0.00000196. The summed E-state index contributed by atoms with van der Waals surface area (Å²) in [5.74, 6) is 0.705. The first-order valence-corrected chi connectivity index (χ1v) is 9.15. The van der Waals surface area contributed by atoms with Crippen LogP contribution < -0.4 is 11.1 Å². The minimum atomic E-state index is -0.201. The second-order valence-electron chi connectivity index (χ2n) is 7.08. The fraction of sp³-hybridized carbons (Fsp3) is 0.526. The number of halogens is 2. The van der Waals surface area contributed by atoms with E-state index in [0.717, 1.165) is 23.3 Å². The highest BCUT2D eigenvalue weighted by atomic mass is 35.5. The Kier molecular flexibility index (Phi) is 9.20. The summed E-state index contributed by atoms with van der Waals surface area (Å²) in [7, 11) is 1.99. The van der Waals surface area contributed by atoms with E-state index in [-0.39, 0.29) is 48.6 Å². The first-order valence-electron chi connectivity index (χ1n) is 9.15. The lowest BCUT2D eigenvalue weighted by Crippen LogP contribution is -2.42. The molecule has 2 aromatic rings. The average molecular weight is 430 g/mol. The van der Waals surface area contributed by atoms with Crippen molar-refractivity contribution in [3.05, 3.63) is 30.1 Å². The van der Waals surface area contributed by atoms with Crippen LogP contribution in [0.1, 0.15) is 25.6 Å². The molecule has 28 heavy (non-hydrogen) atoms. The third-order valence-electron chi connectivity index (χ3n) is 5.13. The van der Waals surface area contributed by atoms with E-state index in [1.165, 1.54) is 6.92 Å². The van der Waals surface area contributed by atoms with Crippen LogP contribution in [0, 0.1) is 5.92 Å². The van der Waals surface area contributed by atoms with Crippen molar-refractivity contribution in [1.82, 2.24) is 19.8 Å². The van der Waals surface area contributed by atoms with Crippen LogP contribution in [0.25, 0.3) is 11.0 Å². The molecule has 9 heteroatoms. The summed E-state index contributed by atoms with van der Waals surface area (Å²) in [4.78, 5) is 30.6. The second kappa shape index (κ2) is 10.6. The monoisotopic (exact) mass is 429 g/mol. The normalized spacial score (nSPS) is 19.3. The molecule has 3 rings (SSSR count). The van der Waals surface area contributed by atoms with Crippen molar-refractivity contribution in [2.24, 2.45) is 18.7 Å². The number of hydrogen-bond acceptors (Lipinski definition) is 4. The molecule has 2 heterocycles. The zero-order chi connectivity index (χ0) is 18.7. The lowest BCUT2D eigenvalue weighted by molar-refractivity contribution is -0.131. The fourth-order valence-electron chi connectivity index (χ4n) is 3.55. The van der Waals surface area contributed by atoms with Crippen LogP contribution in [0.2, 0.25) is 0 Å². The molecule has 0 unspecified atom stereocenters. The van der Waals surface area contributed by atoms with Gasteiger partial charge in [-0.2, -0.15) is 0 Å². The minimum Gasteiger partial charge on any atom is -0.355 e. The van der Waals surface area contributed by atoms with E-state index in [0.29, 0.717) is 32.5 Å². The molecule has 1 aliphatic rings. The highest BCUT2D eigenvalue weighted by Gasteiger charge is 2.28. The number of fused-ring (bicyclic) bond motifs is 1. The lowest BCUT2D eigenvalue weighted by atomic mass is 10.0. The standard InChI is InChI=1S/C19H27N5O2.2ClH/c1-13(25)24-11-14(7-8-15(20)12-24)19(26)21-10-9-18-22-16-5-3-4-6-17(16)23(18)2;;/h3-6,14-15H,7-12,20H2,1-2H3,(H,21,26);2*1H/t14-,15+;;/m1../s1. The van der Waals surface area contributed by atoms with Crippen LogP contribution in [0.15, 0.2) is 24.3 Å². The van der Waals surface area contributed by atoms with E-state index >= 15 is 0 Å². The molecule has 2 amide bonds. The first kappa shape index (κ1) is 24.2. The predicted molar refractivity (Wildman–Crippen MR) is 115 cm³/mol. The van der Waals surface area contributed by atoms with Gasteiger partial charge in [0.1, 0.15) is 5.82 Å². The maximum absolute atomic E-state index is 12.6. The fourth-order valence-corrected chi connectivity index (χ4v) is 3.55. The Bertz CT molecular complexity index is 811. The molecule has 3 N–H and O–H groups in total. The molecule has 1 fully saturated rings. The Hall–Kier alpha value is -1.83. The number of para-hydroxylation sites is 2. The number of likely N-dealkylation sites (tertiary alicyclic amines) is 1. The number of nitrogens with zero attached hydrogens (tertiary/aromatic N) is 3. The number of rotatable bonds is 4. The van der Waals surface area contributed by atoms with Crippen LogP contribution in [-0.4, -0.2) is 51.9 Å². The van der Waals surface area contributed by atoms with Crippen LogP contribution in [0.4, 0.5) is 0 Å². The number of hydrogen-bond donors (Lipinski definition) is 2. The number of nitrogens with one attached hydrogen (secondary N) is 1. The van der Waals surface area contributed by atoms with Gasteiger partial charge in [-0.25, -0.2) is 4.98 Å². The molecule has 1 aromatic heterocycles. The van der Waals surface area contributed by atoms with Gasteiger partial charge in [-0.05, 0) is 25.0 Å². The summed E-state index contributed by atoms with van der Waals surface area (Å²) < 4.78 is 2.06. The lowest BCUT2D eigenvalue weighted by Gasteiger charge is -2.23. The van der Waals surface area contributed by atoms with Gasteiger partial charge in [0.25, 0.3) is 0 Å². The molecule has 0 radical (unpaired) electrons. The van der Waals surface area contributed by atoms with Gasteiger partial charge in [-0.1, -0.05) is 12.1 Å². The summed E-state index contributed by atoms with van der Waals surface area (Å²) in [5, 5.41) is 3.00.